The molecule has 2 nitrogen and oxygen atoms in total. The van der Waals surface area contributed by atoms with Gasteiger partial charge in [0.15, 0.2) is 0 Å². The zero-order valence-corrected chi connectivity index (χ0v) is 11.5. The van der Waals surface area contributed by atoms with E-state index in [4.69, 9.17) is 11.6 Å². The summed E-state index contributed by atoms with van der Waals surface area (Å²) in [4.78, 5) is 11.4. The lowest BCUT2D eigenvalue weighted by Crippen LogP contribution is -2.13. The molecule has 1 N–H and O–H groups in total. The van der Waals surface area contributed by atoms with Gasteiger partial charge in [0.25, 0.3) is 0 Å². The highest BCUT2D eigenvalue weighted by molar-refractivity contribution is 9.10. The molecule has 0 heterocycles. The Labute approximate surface area is 116 Å². The highest BCUT2D eigenvalue weighted by atomic mass is 79.9. The Morgan fingerprint density at radius 1 is 1.39 bits per heavy atom. The number of anilines is 1. The minimum absolute atomic E-state index is 0.0613. The monoisotopic (exact) mass is 343 g/mol. The van der Waals surface area contributed by atoms with Crippen molar-refractivity contribution < 1.29 is 18.0 Å². The molecule has 18 heavy (non-hydrogen) atoms. The molecular weight excluding hydrogens is 334 g/mol. The number of alkyl halides is 4. The second kappa shape index (κ2) is 6.43. The molecule has 0 aliphatic carbocycles. The maximum absolute atomic E-state index is 12.6. The van der Waals surface area contributed by atoms with Crippen LogP contribution in [0.1, 0.15) is 18.4 Å². The zero-order chi connectivity index (χ0) is 13.8. The third kappa shape index (κ3) is 4.49. The standard InChI is InChI=1S/C11H10BrClF3NO/c12-9-4-3-7(6-8(9)11(14,15)16)17-10(18)2-1-5-13/h3-4,6H,1-2,5H2,(H,17,18). The maximum atomic E-state index is 12.6. The summed E-state index contributed by atoms with van der Waals surface area (Å²) >= 11 is 8.24. The first-order valence-corrected chi connectivity index (χ1v) is 6.40. The smallest absolute Gasteiger partial charge is 0.326 e. The first kappa shape index (κ1) is 15.3. The molecule has 1 amide bonds. The van der Waals surface area contributed by atoms with Gasteiger partial charge in [-0.1, -0.05) is 15.9 Å². The van der Waals surface area contributed by atoms with Gasteiger partial charge in [-0.3, -0.25) is 4.79 Å². The van der Waals surface area contributed by atoms with E-state index in [-0.39, 0.29) is 22.5 Å². The van der Waals surface area contributed by atoms with Gasteiger partial charge in [-0.15, -0.1) is 11.6 Å². The highest BCUT2D eigenvalue weighted by Gasteiger charge is 2.33. The second-order valence-corrected chi connectivity index (χ2v) is 4.77. The van der Waals surface area contributed by atoms with Crippen LogP contribution in [0.15, 0.2) is 22.7 Å². The molecule has 100 valence electrons. The summed E-state index contributed by atoms with van der Waals surface area (Å²) in [6, 6.07) is 3.54. The van der Waals surface area contributed by atoms with Crippen molar-refractivity contribution >= 4 is 39.1 Å². The van der Waals surface area contributed by atoms with E-state index in [9.17, 15) is 18.0 Å². The van der Waals surface area contributed by atoms with Crippen molar-refractivity contribution in [3.8, 4) is 0 Å². The van der Waals surface area contributed by atoms with E-state index in [0.717, 1.165) is 6.07 Å². The Morgan fingerprint density at radius 2 is 2.06 bits per heavy atom. The molecule has 7 heteroatoms. The van der Waals surface area contributed by atoms with Gasteiger partial charge in [-0.2, -0.15) is 13.2 Å². The molecule has 0 unspecified atom stereocenters. The van der Waals surface area contributed by atoms with E-state index in [2.05, 4.69) is 21.2 Å². The Hall–Kier alpha value is -0.750. The van der Waals surface area contributed by atoms with Crippen LogP contribution in [-0.2, 0) is 11.0 Å². The molecule has 0 aliphatic rings. The Balaban J connectivity index is 2.83. The van der Waals surface area contributed by atoms with Crippen molar-refractivity contribution in [3.63, 3.8) is 0 Å². The topological polar surface area (TPSA) is 29.1 Å². The van der Waals surface area contributed by atoms with Crippen LogP contribution in [0.3, 0.4) is 0 Å². The maximum Gasteiger partial charge on any atom is 0.417 e. The van der Waals surface area contributed by atoms with E-state index in [1.807, 2.05) is 0 Å². The number of benzene rings is 1. The number of amides is 1. The van der Waals surface area contributed by atoms with E-state index in [0.29, 0.717) is 12.3 Å². The molecule has 0 saturated heterocycles. The lowest BCUT2D eigenvalue weighted by molar-refractivity contribution is -0.138. The number of halogens is 5. The average molecular weight is 345 g/mol. The predicted octanol–water partition coefficient (Wildman–Crippen LogP) is 4.43. The van der Waals surface area contributed by atoms with Gasteiger partial charge in [0.05, 0.1) is 5.56 Å². The first-order chi connectivity index (χ1) is 8.34. The summed E-state index contributed by atoms with van der Waals surface area (Å²) in [6.07, 6.45) is -3.80. The largest absolute Gasteiger partial charge is 0.417 e. The van der Waals surface area contributed by atoms with Gasteiger partial charge in [-0.05, 0) is 24.6 Å². The third-order valence-corrected chi connectivity index (χ3v) is 3.05. The molecule has 1 rings (SSSR count). The fourth-order valence-corrected chi connectivity index (χ4v) is 1.88. The minimum atomic E-state index is -4.46. The van der Waals surface area contributed by atoms with Gasteiger partial charge >= 0.3 is 6.18 Å². The number of nitrogens with one attached hydrogen (secondary N) is 1. The summed E-state index contributed by atoms with van der Waals surface area (Å²) < 4.78 is 37.8. The van der Waals surface area contributed by atoms with Gasteiger partial charge in [0.2, 0.25) is 5.91 Å². The van der Waals surface area contributed by atoms with E-state index in [1.54, 1.807) is 0 Å². The fourth-order valence-electron chi connectivity index (χ4n) is 1.27. The molecule has 0 radical (unpaired) electrons. The second-order valence-electron chi connectivity index (χ2n) is 3.53. The van der Waals surface area contributed by atoms with Gasteiger partial charge in [0.1, 0.15) is 0 Å². The molecular formula is C11H10BrClF3NO. The Bertz CT molecular complexity index is 437. The van der Waals surface area contributed by atoms with Crippen molar-refractivity contribution in [2.45, 2.75) is 19.0 Å². The van der Waals surface area contributed by atoms with Crippen LogP contribution in [0, 0.1) is 0 Å². The van der Waals surface area contributed by atoms with Crippen molar-refractivity contribution in [1.82, 2.24) is 0 Å². The van der Waals surface area contributed by atoms with Crippen molar-refractivity contribution in [3.05, 3.63) is 28.2 Å². The molecule has 0 fully saturated rings. The van der Waals surface area contributed by atoms with Crippen LogP contribution in [0.4, 0.5) is 18.9 Å². The average Bonchev–Trinajstić information content (AvgIpc) is 2.27. The normalized spacial score (nSPS) is 11.4. The predicted molar refractivity (Wildman–Crippen MR) is 67.7 cm³/mol. The molecule has 0 aliphatic heterocycles. The summed E-state index contributed by atoms with van der Waals surface area (Å²) in [5.74, 6) is -0.0206. The summed E-state index contributed by atoms with van der Waals surface area (Å²) in [6.45, 7) is 0. The van der Waals surface area contributed by atoms with Crippen LogP contribution in [0.5, 0.6) is 0 Å². The number of rotatable bonds is 4. The highest BCUT2D eigenvalue weighted by Crippen LogP contribution is 2.36. The molecule has 0 saturated carbocycles. The van der Waals surface area contributed by atoms with Gasteiger partial charge < -0.3 is 5.32 Å². The molecule has 1 aromatic carbocycles. The number of hydrogen-bond acceptors (Lipinski definition) is 1. The SMILES string of the molecule is O=C(CCCCl)Nc1ccc(Br)c(C(F)(F)F)c1. The minimum Gasteiger partial charge on any atom is -0.326 e. The molecule has 0 aromatic heterocycles. The molecule has 1 aromatic rings. The molecule has 0 spiro atoms. The summed E-state index contributed by atoms with van der Waals surface area (Å²) in [7, 11) is 0. The van der Waals surface area contributed by atoms with E-state index < -0.39 is 11.7 Å². The van der Waals surface area contributed by atoms with Crippen LogP contribution in [0.2, 0.25) is 0 Å². The van der Waals surface area contributed by atoms with Gasteiger partial charge in [-0.25, -0.2) is 0 Å². The van der Waals surface area contributed by atoms with Crippen LogP contribution >= 0.6 is 27.5 Å². The third-order valence-electron chi connectivity index (χ3n) is 2.09. The first-order valence-electron chi connectivity index (χ1n) is 5.07. The lowest BCUT2D eigenvalue weighted by atomic mass is 10.2. The quantitative estimate of drug-likeness (QED) is 0.805. The van der Waals surface area contributed by atoms with Gasteiger partial charge in [0, 0.05) is 22.5 Å². The van der Waals surface area contributed by atoms with Crippen LogP contribution < -0.4 is 5.32 Å². The van der Waals surface area contributed by atoms with Crippen LogP contribution in [0.25, 0.3) is 0 Å². The molecule has 0 bridgehead atoms. The lowest BCUT2D eigenvalue weighted by Gasteiger charge is -2.11. The Kier molecular flexibility index (Phi) is 5.47. The Morgan fingerprint density at radius 3 is 2.61 bits per heavy atom. The van der Waals surface area contributed by atoms with Crippen molar-refractivity contribution in [2.24, 2.45) is 0 Å². The van der Waals surface area contributed by atoms with E-state index in [1.165, 1.54) is 12.1 Å². The summed E-state index contributed by atoms with van der Waals surface area (Å²) in [5, 5.41) is 2.40. The number of hydrogen-bond donors (Lipinski definition) is 1. The summed E-state index contributed by atoms with van der Waals surface area (Å²) in [5.41, 5.74) is -0.706. The number of carbonyl (C=O) groups is 1. The number of carbonyl (C=O) groups excluding carboxylic acids is 1. The zero-order valence-electron chi connectivity index (χ0n) is 9.15. The van der Waals surface area contributed by atoms with Crippen LogP contribution in [-0.4, -0.2) is 11.8 Å². The van der Waals surface area contributed by atoms with E-state index >= 15 is 0 Å². The molecule has 0 atom stereocenters. The van der Waals surface area contributed by atoms with Crippen molar-refractivity contribution in [1.29, 1.82) is 0 Å². The van der Waals surface area contributed by atoms with Crippen molar-refractivity contribution in [2.75, 3.05) is 11.2 Å². The fraction of sp³-hybridized carbons (Fsp3) is 0.364.